The van der Waals surface area contributed by atoms with Crippen molar-refractivity contribution in [3.63, 3.8) is 0 Å². The summed E-state index contributed by atoms with van der Waals surface area (Å²) in [6.07, 6.45) is 2.74. The summed E-state index contributed by atoms with van der Waals surface area (Å²) in [6, 6.07) is 3.72. The predicted octanol–water partition coefficient (Wildman–Crippen LogP) is 3.90. The van der Waals surface area contributed by atoms with Crippen molar-refractivity contribution in [2.45, 2.75) is 31.8 Å². The third kappa shape index (κ3) is 5.42. The molecule has 13 heteroatoms. The van der Waals surface area contributed by atoms with Crippen molar-refractivity contribution in [2.24, 2.45) is 5.92 Å². The van der Waals surface area contributed by atoms with Gasteiger partial charge in [-0.05, 0) is 37.8 Å². The van der Waals surface area contributed by atoms with Gasteiger partial charge in [0.05, 0.1) is 17.8 Å². The molecule has 0 bridgehead atoms. The molecule has 0 spiro atoms. The van der Waals surface area contributed by atoms with Crippen LogP contribution in [-0.4, -0.2) is 38.3 Å². The number of nitrogens with zero attached hydrogens (tertiary/aromatic N) is 3. The van der Waals surface area contributed by atoms with E-state index < -0.39 is 41.1 Å². The number of carbonyl (C=O) groups is 2. The molecule has 2 aromatic heterocycles. The van der Waals surface area contributed by atoms with Crippen molar-refractivity contribution in [1.82, 2.24) is 15.2 Å². The molecule has 0 saturated heterocycles. The second-order valence-electron chi connectivity index (χ2n) is 7.55. The average Bonchev–Trinajstić information content (AvgIpc) is 3.27. The number of halogens is 3. The fourth-order valence-electron chi connectivity index (χ4n) is 3.41. The van der Waals surface area contributed by atoms with Gasteiger partial charge in [-0.15, -0.1) is 5.10 Å². The molecule has 178 valence electrons. The highest BCUT2D eigenvalue weighted by Gasteiger charge is 2.27. The number of pyridine rings is 1. The number of hydrogen-bond acceptors (Lipinski definition) is 8. The van der Waals surface area contributed by atoms with Crippen molar-refractivity contribution >= 4 is 29.3 Å². The molecular weight excluding hydrogens is 459 g/mol. The molecule has 1 amide bonds. The first-order valence-corrected chi connectivity index (χ1v) is 10.2. The molecule has 1 saturated carbocycles. The van der Waals surface area contributed by atoms with E-state index in [0.717, 1.165) is 24.4 Å². The molecule has 10 nitrogen and oxygen atoms in total. The number of benzene rings is 1. The number of ether oxygens (including phenoxy) is 1. The molecule has 1 fully saturated rings. The molecule has 0 aliphatic heterocycles. The summed E-state index contributed by atoms with van der Waals surface area (Å²) in [6.45, 7) is 0. The van der Waals surface area contributed by atoms with Crippen molar-refractivity contribution in [3.8, 4) is 5.88 Å². The lowest BCUT2D eigenvalue weighted by Crippen LogP contribution is -2.28. The van der Waals surface area contributed by atoms with Gasteiger partial charge in [0.25, 0.3) is 0 Å². The molecule has 34 heavy (non-hydrogen) atoms. The summed E-state index contributed by atoms with van der Waals surface area (Å²) in [5, 5.41) is 20.9. The number of carboxylic acid groups (broad SMARTS) is 1. The lowest BCUT2D eigenvalue weighted by atomic mass is 9.87. The minimum Gasteiger partial charge on any atom is -0.481 e. The minimum atomic E-state index is -1.09. The van der Waals surface area contributed by atoms with Crippen LogP contribution in [0.2, 0.25) is 0 Å². The SMILES string of the molecule is O=C(Nc1cnc(OC2CCC(C(=O)O)CC2)cc1F)c1nnc(Nc2ccc(F)c(F)c2)o1. The number of carbonyl (C=O) groups excluding carboxylic acids is 1. The van der Waals surface area contributed by atoms with E-state index in [-0.39, 0.29) is 29.4 Å². The second kappa shape index (κ2) is 9.77. The van der Waals surface area contributed by atoms with Crippen LogP contribution in [0, 0.1) is 23.4 Å². The van der Waals surface area contributed by atoms with Gasteiger partial charge in [0.2, 0.25) is 5.88 Å². The molecule has 3 N–H and O–H groups in total. The molecular formula is C21H18F3N5O5. The van der Waals surface area contributed by atoms with E-state index in [9.17, 15) is 22.8 Å². The quantitative estimate of drug-likeness (QED) is 0.462. The molecule has 1 aromatic carbocycles. The molecule has 0 radical (unpaired) electrons. The van der Waals surface area contributed by atoms with Crippen LogP contribution in [0.4, 0.5) is 30.6 Å². The van der Waals surface area contributed by atoms with Gasteiger partial charge in [0.15, 0.2) is 17.5 Å². The van der Waals surface area contributed by atoms with E-state index in [0.29, 0.717) is 25.7 Å². The Kier molecular flexibility index (Phi) is 6.61. The lowest BCUT2D eigenvalue weighted by Gasteiger charge is -2.26. The number of anilines is 3. The number of aliphatic carboxylic acids is 1. The standard InChI is InChI=1S/C21H18F3N5O5/c22-13-6-3-11(7-14(13)23)26-21-29-28-19(34-21)18(30)27-16-9-25-17(8-15(16)24)33-12-4-1-10(2-5-12)20(31)32/h3,6-10,12H,1-2,4-5H2,(H,26,29)(H,27,30)(H,31,32). The fraction of sp³-hybridized carbons (Fsp3) is 0.286. The molecule has 1 aliphatic carbocycles. The van der Waals surface area contributed by atoms with Crippen LogP contribution in [0.1, 0.15) is 36.4 Å². The van der Waals surface area contributed by atoms with Crippen LogP contribution >= 0.6 is 0 Å². The largest absolute Gasteiger partial charge is 0.481 e. The third-order valence-corrected chi connectivity index (χ3v) is 5.18. The topological polar surface area (TPSA) is 139 Å². The van der Waals surface area contributed by atoms with E-state index in [1.807, 2.05) is 0 Å². The van der Waals surface area contributed by atoms with Crippen LogP contribution < -0.4 is 15.4 Å². The fourth-order valence-corrected chi connectivity index (χ4v) is 3.41. The normalized spacial score (nSPS) is 17.7. The van der Waals surface area contributed by atoms with Crippen molar-refractivity contribution < 1.29 is 37.0 Å². The van der Waals surface area contributed by atoms with Crippen LogP contribution in [-0.2, 0) is 4.79 Å². The Morgan fingerprint density at radius 3 is 2.47 bits per heavy atom. The first kappa shape index (κ1) is 23.0. The second-order valence-corrected chi connectivity index (χ2v) is 7.55. The number of hydrogen-bond donors (Lipinski definition) is 3. The molecule has 0 atom stereocenters. The van der Waals surface area contributed by atoms with E-state index in [2.05, 4.69) is 25.8 Å². The van der Waals surface area contributed by atoms with Crippen molar-refractivity contribution in [1.29, 1.82) is 0 Å². The molecule has 2 heterocycles. The smallest absolute Gasteiger partial charge is 0.320 e. The summed E-state index contributed by atoms with van der Waals surface area (Å²) in [4.78, 5) is 27.3. The number of aromatic nitrogens is 3. The van der Waals surface area contributed by atoms with Gasteiger partial charge in [-0.25, -0.2) is 18.2 Å². The maximum atomic E-state index is 14.5. The first-order chi connectivity index (χ1) is 16.3. The maximum absolute atomic E-state index is 14.5. The van der Waals surface area contributed by atoms with E-state index in [1.165, 1.54) is 6.07 Å². The average molecular weight is 477 g/mol. The van der Waals surface area contributed by atoms with Gasteiger partial charge in [-0.1, -0.05) is 5.10 Å². The van der Waals surface area contributed by atoms with Crippen LogP contribution in [0.5, 0.6) is 5.88 Å². The highest BCUT2D eigenvalue weighted by Crippen LogP contribution is 2.28. The Balaban J connectivity index is 1.34. The first-order valence-electron chi connectivity index (χ1n) is 10.2. The van der Waals surface area contributed by atoms with E-state index >= 15 is 0 Å². The van der Waals surface area contributed by atoms with Gasteiger partial charge in [-0.2, -0.15) is 0 Å². The summed E-state index contributed by atoms with van der Waals surface area (Å²) in [5.74, 6) is -5.62. The number of rotatable bonds is 7. The van der Waals surface area contributed by atoms with Gasteiger partial charge in [-0.3, -0.25) is 9.59 Å². The Bertz CT molecular complexity index is 1210. The Morgan fingerprint density at radius 1 is 1.03 bits per heavy atom. The summed E-state index contributed by atoms with van der Waals surface area (Å²) in [5.41, 5.74) is -0.156. The summed E-state index contributed by atoms with van der Waals surface area (Å²) < 4.78 is 51.5. The zero-order chi connectivity index (χ0) is 24.2. The van der Waals surface area contributed by atoms with Gasteiger partial charge in [0.1, 0.15) is 6.10 Å². The third-order valence-electron chi connectivity index (χ3n) is 5.18. The zero-order valence-corrected chi connectivity index (χ0v) is 17.4. The monoisotopic (exact) mass is 477 g/mol. The van der Waals surface area contributed by atoms with Crippen LogP contribution in [0.25, 0.3) is 0 Å². The number of amides is 1. The molecule has 3 aromatic rings. The highest BCUT2D eigenvalue weighted by atomic mass is 19.2. The van der Waals surface area contributed by atoms with Crippen molar-refractivity contribution in [2.75, 3.05) is 10.6 Å². The zero-order valence-electron chi connectivity index (χ0n) is 17.4. The minimum absolute atomic E-state index is 0.00470. The summed E-state index contributed by atoms with van der Waals surface area (Å²) >= 11 is 0. The molecule has 1 aliphatic rings. The van der Waals surface area contributed by atoms with Gasteiger partial charge >= 0.3 is 23.8 Å². The number of nitrogens with one attached hydrogen (secondary N) is 2. The lowest BCUT2D eigenvalue weighted by molar-refractivity contribution is -0.143. The Labute approximate surface area is 190 Å². The van der Waals surface area contributed by atoms with Gasteiger partial charge in [0, 0.05) is 17.8 Å². The van der Waals surface area contributed by atoms with E-state index in [1.54, 1.807) is 0 Å². The Morgan fingerprint density at radius 2 is 1.79 bits per heavy atom. The van der Waals surface area contributed by atoms with E-state index in [4.69, 9.17) is 14.3 Å². The van der Waals surface area contributed by atoms with Crippen molar-refractivity contribution in [3.05, 3.63) is 53.8 Å². The highest BCUT2D eigenvalue weighted by molar-refractivity contribution is 6.00. The van der Waals surface area contributed by atoms with Crippen LogP contribution in [0.15, 0.2) is 34.9 Å². The predicted molar refractivity (Wildman–Crippen MR) is 110 cm³/mol. The maximum Gasteiger partial charge on any atom is 0.320 e. The molecule has 0 unspecified atom stereocenters. The number of carboxylic acids is 1. The summed E-state index contributed by atoms with van der Waals surface area (Å²) in [7, 11) is 0. The van der Waals surface area contributed by atoms with Gasteiger partial charge < -0.3 is 24.9 Å². The van der Waals surface area contributed by atoms with Crippen LogP contribution in [0.3, 0.4) is 0 Å². The molecule has 4 rings (SSSR count). The Hall–Kier alpha value is -4.16.